The topological polar surface area (TPSA) is 123 Å². The summed E-state index contributed by atoms with van der Waals surface area (Å²) >= 11 is 0. The van der Waals surface area contributed by atoms with Gasteiger partial charge >= 0.3 is 11.7 Å². The molecule has 1 heterocycles. The Bertz CT molecular complexity index is 821. The highest BCUT2D eigenvalue weighted by Crippen LogP contribution is 2.19. The minimum absolute atomic E-state index is 0.0116. The number of rotatable bonds is 6. The maximum absolute atomic E-state index is 12.5. The SMILES string of the molecule is CCN(CCC(=O)O)S(=O)(=O)c1ccc2[nH]c(=O)[nH]c2c1. The van der Waals surface area contributed by atoms with Crippen LogP contribution in [0.5, 0.6) is 0 Å². The molecule has 0 aliphatic carbocycles. The summed E-state index contributed by atoms with van der Waals surface area (Å²) in [4.78, 5) is 26.8. The molecule has 0 fully saturated rings. The first-order valence-corrected chi connectivity index (χ1v) is 7.72. The third-order valence-electron chi connectivity index (χ3n) is 3.05. The van der Waals surface area contributed by atoms with Gasteiger partial charge in [-0.15, -0.1) is 0 Å². The Morgan fingerprint density at radius 2 is 1.95 bits per heavy atom. The van der Waals surface area contributed by atoms with Crippen molar-refractivity contribution in [2.24, 2.45) is 0 Å². The average molecular weight is 313 g/mol. The number of benzene rings is 1. The van der Waals surface area contributed by atoms with Crippen molar-refractivity contribution >= 4 is 27.0 Å². The third-order valence-corrected chi connectivity index (χ3v) is 5.02. The zero-order valence-corrected chi connectivity index (χ0v) is 12.1. The second-order valence-corrected chi connectivity index (χ2v) is 6.36. The van der Waals surface area contributed by atoms with Crippen LogP contribution >= 0.6 is 0 Å². The van der Waals surface area contributed by atoms with Crippen molar-refractivity contribution in [3.63, 3.8) is 0 Å². The van der Waals surface area contributed by atoms with Crippen LogP contribution in [0.15, 0.2) is 27.9 Å². The van der Waals surface area contributed by atoms with Crippen LogP contribution in [0.3, 0.4) is 0 Å². The Labute approximate surface area is 120 Å². The number of hydrogen-bond donors (Lipinski definition) is 3. The van der Waals surface area contributed by atoms with E-state index in [9.17, 15) is 18.0 Å². The number of nitrogens with one attached hydrogen (secondary N) is 2. The van der Waals surface area contributed by atoms with E-state index in [2.05, 4.69) is 9.97 Å². The first-order valence-electron chi connectivity index (χ1n) is 6.28. The van der Waals surface area contributed by atoms with Crippen LogP contribution in [0.25, 0.3) is 11.0 Å². The summed E-state index contributed by atoms with van der Waals surface area (Å²) in [6.45, 7) is 1.70. The highest BCUT2D eigenvalue weighted by Gasteiger charge is 2.24. The van der Waals surface area contributed by atoms with Crippen LogP contribution in [0.4, 0.5) is 0 Å². The molecular formula is C12H15N3O5S. The molecule has 0 atom stereocenters. The van der Waals surface area contributed by atoms with E-state index in [0.717, 1.165) is 4.31 Å². The summed E-state index contributed by atoms with van der Waals surface area (Å²) in [6.07, 6.45) is -0.268. The summed E-state index contributed by atoms with van der Waals surface area (Å²) in [6, 6.07) is 4.22. The molecule has 3 N–H and O–H groups in total. The molecule has 0 spiro atoms. The zero-order chi connectivity index (χ0) is 15.6. The van der Waals surface area contributed by atoms with Gasteiger partial charge in [-0.3, -0.25) is 4.79 Å². The smallest absolute Gasteiger partial charge is 0.323 e. The van der Waals surface area contributed by atoms with E-state index in [0.29, 0.717) is 11.0 Å². The van der Waals surface area contributed by atoms with Gasteiger partial charge in [0.05, 0.1) is 22.3 Å². The molecule has 1 aromatic heterocycles. The lowest BCUT2D eigenvalue weighted by molar-refractivity contribution is -0.137. The number of aliphatic carboxylic acids is 1. The Balaban J connectivity index is 2.38. The molecule has 2 aromatic rings. The van der Waals surface area contributed by atoms with Crippen LogP contribution < -0.4 is 5.69 Å². The van der Waals surface area contributed by atoms with Gasteiger partial charge in [-0.2, -0.15) is 4.31 Å². The van der Waals surface area contributed by atoms with Gasteiger partial charge in [-0.25, -0.2) is 13.2 Å². The van der Waals surface area contributed by atoms with Gasteiger partial charge in [-0.05, 0) is 18.2 Å². The van der Waals surface area contributed by atoms with Crippen LogP contribution in [-0.4, -0.2) is 46.9 Å². The van der Waals surface area contributed by atoms with E-state index in [-0.39, 0.29) is 24.4 Å². The van der Waals surface area contributed by atoms with Crippen LogP contribution in [0.2, 0.25) is 0 Å². The quantitative estimate of drug-likeness (QED) is 0.709. The first kappa shape index (κ1) is 15.3. The average Bonchev–Trinajstić information content (AvgIpc) is 2.77. The van der Waals surface area contributed by atoms with Gasteiger partial charge in [0.2, 0.25) is 10.0 Å². The van der Waals surface area contributed by atoms with E-state index in [4.69, 9.17) is 5.11 Å². The van der Waals surface area contributed by atoms with E-state index in [1.54, 1.807) is 6.92 Å². The monoisotopic (exact) mass is 313 g/mol. The number of carboxylic acids is 1. The van der Waals surface area contributed by atoms with E-state index >= 15 is 0 Å². The Kier molecular flexibility index (Phi) is 4.14. The number of hydrogen-bond acceptors (Lipinski definition) is 4. The molecule has 0 unspecified atom stereocenters. The molecule has 1 aromatic carbocycles. The molecule has 9 heteroatoms. The third kappa shape index (κ3) is 3.14. The Morgan fingerprint density at radius 3 is 2.57 bits per heavy atom. The molecule has 114 valence electrons. The molecule has 0 bridgehead atoms. The number of aromatic nitrogens is 2. The number of H-pyrrole nitrogens is 2. The highest BCUT2D eigenvalue weighted by molar-refractivity contribution is 7.89. The molecule has 21 heavy (non-hydrogen) atoms. The summed E-state index contributed by atoms with van der Waals surface area (Å²) < 4.78 is 26.0. The van der Waals surface area contributed by atoms with Gasteiger partial charge in [0.1, 0.15) is 0 Å². The van der Waals surface area contributed by atoms with Crippen molar-refractivity contribution < 1.29 is 18.3 Å². The summed E-state index contributed by atoms with van der Waals surface area (Å²) in [7, 11) is -3.79. The number of sulfonamides is 1. The lowest BCUT2D eigenvalue weighted by Gasteiger charge is -2.19. The van der Waals surface area contributed by atoms with Crippen molar-refractivity contribution in [3.8, 4) is 0 Å². The number of nitrogens with zero attached hydrogens (tertiary/aromatic N) is 1. The van der Waals surface area contributed by atoms with E-state index in [1.807, 2.05) is 0 Å². The number of imidazole rings is 1. The van der Waals surface area contributed by atoms with Crippen molar-refractivity contribution in [1.82, 2.24) is 14.3 Å². The van der Waals surface area contributed by atoms with E-state index in [1.165, 1.54) is 18.2 Å². The van der Waals surface area contributed by atoms with Gasteiger partial charge in [-0.1, -0.05) is 6.92 Å². The van der Waals surface area contributed by atoms with Crippen LogP contribution in [-0.2, 0) is 14.8 Å². The fourth-order valence-corrected chi connectivity index (χ4v) is 3.47. The molecule has 2 rings (SSSR count). The van der Waals surface area contributed by atoms with Gasteiger partial charge < -0.3 is 15.1 Å². The number of fused-ring (bicyclic) bond motifs is 1. The Morgan fingerprint density at radius 1 is 1.29 bits per heavy atom. The summed E-state index contributed by atoms with van der Waals surface area (Å²) in [5.41, 5.74) is 0.473. The summed E-state index contributed by atoms with van der Waals surface area (Å²) in [5.74, 6) is -1.06. The van der Waals surface area contributed by atoms with Crippen molar-refractivity contribution in [1.29, 1.82) is 0 Å². The van der Waals surface area contributed by atoms with Crippen molar-refractivity contribution in [2.75, 3.05) is 13.1 Å². The van der Waals surface area contributed by atoms with Gasteiger partial charge in [0.15, 0.2) is 0 Å². The number of aromatic amines is 2. The van der Waals surface area contributed by atoms with Crippen molar-refractivity contribution in [2.45, 2.75) is 18.2 Å². The number of carbonyl (C=O) groups is 1. The molecular weight excluding hydrogens is 298 g/mol. The predicted molar refractivity (Wildman–Crippen MR) is 75.6 cm³/mol. The standard InChI is InChI=1S/C12H15N3O5S/c1-2-15(6-5-11(16)17)21(19,20)8-3-4-9-10(7-8)14-12(18)13-9/h3-4,7H,2,5-6H2,1H3,(H,16,17)(H2,13,14,18). The summed E-state index contributed by atoms with van der Waals surface area (Å²) in [5, 5.41) is 8.67. The van der Waals surface area contributed by atoms with Gasteiger partial charge in [0, 0.05) is 13.1 Å². The second-order valence-electron chi connectivity index (χ2n) is 4.43. The van der Waals surface area contributed by atoms with Gasteiger partial charge in [0.25, 0.3) is 0 Å². The van der Waals surface area contributed by atoms with Crippen LogP contribution in [0.1, 0.15) is 13.3 Å². The second kappa shape index (κ2) is 5.70. The lowest BCUT2D eigenvalue weighted by Crippen LogP contribution is -2.32. The molecule has 8 nitrogen and oxygen atoms in total. The maximum Gasteiger partial charge on any atom is 0.323 e. The predicted octanol–water partition coefficient (Wildman–Crippen LogP) is 0.341. The minimum atomic E-state index is -3.79. The molecule has 0 saturated carbocycles. The van der Waals surface area contributed by atoms with E-state index < -0.39 is 21.7 Å². The normalized spacial score (nSPS) is 12.1. The molecule has 0 radical (unpaired) electrons. The fourth-order valence-electron chi connectivity index (χ4n) is 1.99. The molecule has 0 amide bonds. The number of carboxylic acid groups (broad SMARTS) is 1. The zero-order valence-electron chi connectivity index (χ0n) is 11.3. The fraction of sp³-hybridized carbons (Fsp3) is 0.333. The van der Waals surface area contributed by atoms with Crippen molar-refractivity contribution in [3.05, 3.63) is 28.7 Å². The minimum Gasteiger partial charge on any atom is -0.481 e. The lowest BCUT2D eigenvalue weighted by atomic mass is 10.3. The highest BCUT2D eigenvalue weighted by atomic mass is 32.2. The molecule has 0 aliphatic heterocycles. The molecule has 0 aliphatic rings. The molecule has 0 saturated heterocycles. The maximum atomic E-state index is 12.5. The Hall–Kier alpha value is -2.13. The first-order chi connectivity index (χ1) is 9.84. The largest absolute Gasteiger partial charge is 0.481 e. The van der Waals surface area contributed by atoms with Crippen LogP contribution in [0, 0.1) is 0 Å².